The minimum atomic E-state index is -0.0506. The van der Waals surface area contributed by atoms with Crippen molar-refractivity contribution in [3.63, 3.8) is 0 Å². The first-order chi connectivity index (χ1) is 10.8. The van der Waals surface area contributed by atoms with Crippen molar-refractivity contribution < 1.29 is 9.90 Å². The van der Waals surface area contributed by atoms with Crippen LogP contribution in [-0.4, -0.2) is 34.7 Å². The van der Waals surface area contributed by atoms with Gasteiger partial charge in [0.15, 0.2) is 5.13 Å². The van der Waals surface area contributed by atoms with Crippen LogP contribution in [0.2, 0.25) is 0 Å². The molecule has 1 amide bonds. The van der Waals surface area contributed by atoms with Gasteiger partial charge in [0.05, 0.1) is 6.20 Å². The average Bonchev–Trinajstić information content (AvgIpc) is 3.22. The van der Waals surface area contributed by atoms with Gasteiger partial charge < -0.3 is 15.7 Å². The van der Waals surface area contributed by atoms with Gasteiger partial charge in [-0.25, -0.2) is 4.98 Å². The highest BCUT2D eigenvalue weighted by molar-refractivity contribution is 7.17. The van der Waals surface area contributed by atoms with Crippen LogP contribution in [0, 0.1) is 5.92 Å². The van der Waals surface area contributed by atoms with Crippen molar-refractivity contribution in [2.45, 2.75) is 63.5 Å². The van der Waals surface area contributed by atoms with E-state index < -0.39 is 0 Å². The fraction of sp³-hybridized carbons (Fsp3) is 0.750. The SMILES string of the molecule is O=C(NC(CCO)C1CCCCC1)c1cnc(NC2CC2)s1. The maximum absolute atomic E-state index is 12.4. The summed E-state index contributed by atoms with van der Waals surface area (Å²) in [6.45, 7) is 0.124. The van der Waals surface area contributed by atoms with E-state index in [-0.39, 0.29) is 18.6 Å². The minimum Gasteiger partial charge on any atom is -0.396 e. The van der Waals surface area contributed by atoms with Crippen LogP contribution < -0.4 is 10.6 Å². The number of carbonyl (C=O) groups excluding carboxylic acids is 1. The van der Waals surface area contributed by atoms with Gasteiger partial charge in [-0.05, 0) is 38.0 Å². The lowest BCUT2D eigenvalue weighted by atomic mass is 9.82. The maximum Gasteiger partial charge on any atom is 0.263 e. The Labute approximate surface area is 135 Å². The fourth-order valence-corrected chi connectivity index (χ4v) is 3.99. The van der Waals surface area contributed by atoms with Crippen LogP contribution in [0.15, 0.2) is 6.20 Å². The Hall–Kier alpha value is -1.14. The van der Waals surface area contributed by atoms with E-state index in [1.54, 1.807) is 6.20 Å². The first-order valence-corrected chi connectivity index (χ1v) is 9.22. The Bertz CT molecular complexity index is 495. The molecule has 2 fully saturated rings. The van der Waals surface area contributed by atoms with E-state index >= 15 is 0 Å². The molecular weight excluding hydrogens is 298 g/mol. The quantitative estimate of drug-likeness (QED) is 0.721. The van der Waals surface area contributed by atoms with E-state index in [9.17, 15) is 9.90 Å². The van der Waals surface area contributed by atoms with Gasteiger partial charge in [-0.15, -0.1) is 0 Å². The van der Waals surface area contributed by atoms with Gasteiger partial charge in [-0.2, -0.15) is 0 Å². The first kappa shape index (κ1) is 15.7. The second-order valence-electron chi connectivity index (χ2n) is 6.44. The predicted octanol–water partition coefficient (Wildman–Crippen LogP) is 2.78. The Morgan fingerprint density at radius 1 is 1.32 bits per heavy atom. The summed E-state index contributed by atoms with van der Waals surface area (Å²) in [7, 11) is 0. The smallest absolute Gasteiger partial charge is 0.263 e. The molecule has 22 heavy (non-hydrogen) atoms. The summed E-state index contributed by atoms with van der Waals surface area (Å²) in [5.74, 6) is 0.451. The number of hydrogen-bond donors (Lipinski definition) is 3. The lowest BCUT2D eigenvalue weighted by Gasteiger charge is -2.30. The Morgan fingerprint density at radius 3 is 2.77 bits per heavy atom. The Balaban J connectivity index is 1.58. The summed E-state index contributed by atoms with van der Waals surface area (Å²) in [4.78, 5) is 17.4. The Morgan fingerprint density at radius 2 is 2.09 bits per heavy atom. The molecule has 3 rings (SSSR count). The zero-order valence-electron chi connectivity index (χ0n) is 12.9. The van der Waals surface area contributed by atoms with Crippen molar-refractivity contribution in [3.05, 3.63) is 11.1 Å². The van der Waals surface area contributed by atoms with Crippen LogP contribution in [0.5, 0.6) is 0 Å². The number of aliphatic hydroxyl groups is 1. The van der Waals surface area contributed by atoms with Crippen LogP contribution in [0.3, 0.4) is 0 Å². The summed E-state index contributed by atoms with van der Waals surface area (Å²) in [5.41, 5.74) is 0. The van der Waals surface area contributed by atoms with Crippen LogP contribution in [-0.2, 0) is 0 Å². The number of anilines is 1. The molecule has 2 aliphatic carbocycles. The van der Waals surface area contributed by atoms with Crippen molar-refractivity contribution in [1.82, 2.24) is 10.3 Å². The molecule has 1 aromatic heterocycles. The number of amides is 1. The van der Waals surface area contributed by atoms with Crippen molar-refractivity contribution >= 4 is 22.4 Å². The molecule has 5 nitrogen and oxygen atoms in total. The van der Waals surface area contributed by atoms with Crippen molar-refractivity contribution in [1.29, 1.82) is 0 Å². The third-order valence-electron chi connectivity index (χ3n) is 4.61. The van der Waals surface area contributed by atoms with E-state index in [4.69, 9.17) is 0 Å². The molecule has 3 N–H and O–H groups in total. The molecule has 0 radical (unpaired) electrons. The predicted molar refractivity (Wildman–Crippen MR) is 88.3 cm³/mol. The molecule has 0 aromatic carbocycles. The maximum atomic E-state index is 12.4. The number of thiazole rings is 1. The molecule has 0 spiro atoms. The highest BCUT2D eigenvalue weighted by Crippen LogP contribution is 2.29. The molecule has 0 saturated heterocycles. The lowest BCUT2D eigenvalue weighted by Crippen LogP contribution is -2.41. The van der Waals surface area contributed by atoms with Gasteiger partial charge in [-0.1, -0.05) is 30.6 Å². The van der Waals surface area contributed by atoms with E-state index in [0.717, 1.165) is 18.0 Å². The van der Waals surface area contributed by atoms with Crippen LogP contribution >= 0.6 is 11.3 Å². The second-order valence-corrected chi connectivity index (χ2v) is 7.47. The van der Waals surface area contributed by atoms with Gasteiger partial charge in [0, 0.05) is 18.7 Å². The summed E-state index contributed by atoms with van der Waals surface area (Å²) in [5, 5.41) is 16.6. The van der Waals surface area contributed by atoms with Gasteiger partial charge in [0.25, 0.3) is 5.91 Å². The fourth-order valence-electron chi connectivity index (χ4n) is 3.19. The van der Waals surface area contributed by atoms with Gasteiger partial charge >= 0.3 is 0 Å². The van der Waals surface area contributed by atoms with E-state index in [0.29, 0.717) is 23.3 Å². The van der Waals surface area contributed by atoms with Crippen LogP contribution in [0.1, 0.15) is 61.0 Å². The second kappa shape index (κ2) is 7.42. The van der Waals surface area contributed by atoms with Gasteiger partial charge in [0.2, 0.25) is 0 Å². The van der Waals surface area contributed by atoms with E-state index in [1.807, 2.05) is 0 Å². The van der Waals surface area contributed by atoms with Gasteiger partial charge in [-0.3, -0.25) is 4.79 Å². The topological polar surface area (TPSA) is 74.2 Å². The summed E-state index contributed by atoms with van der Waals surface area (Å²) >= 11 is 1.42. The monoisotopic (exact) mass is 323 g/mol. The lowest BCUT2D eigenvalue weighted by molar-refractivity contribution is 0.0903. The molecular formula is C16H25N3O2S. The van der Waals surface area contributed by atoms with E-state index in [1.165, 1.54) is 43.4 Å². The number of aliphatic hydroxyl groups excluding tert-OH is 1. The zero-order chi connectivity index (χ0) is 15.4. The van der Waals surface area contributed by atoms with Crippen molar-refractivity contribution in [2.75, 3.05) is 11.9 Å². The number of nitrogens with one attached hydrogen (secondary N) is 2. The number of carbonyl (C=O) groups is 1. The third-order valence-corrected chi connectivity index (χ3v) is 5.54. The summed E-state index contributed by atoms with van der Waals surface area (Å²) < 4.78 is 0. The molecule has 1 heterocycles. The zero-order valence-corrected chi connectivity index (χ0v) is 13.7. The minimum absolute atomic E-state index is 0.0506. The molecule has 1 atom stereocenters. The summed E-state index contributed by atoms with van der Waals surface area (Å²) in [6, 6.07) is 0.631. The van der Waals surface area contributed by atoms with E-state index in [2.05, 4.69) is 15.6 Å². The highest BCUT2D eigenvalue weighted by Gasteiger charge is 2.26. The van der Waals surface area contributed by atoms with Gasteiger partial charge in [0.1, 0.15) is 4.88 Å². The molecule has 0 bridgehead atoms. The Kier molecular flexibility index (Phi) is 5.31. The number of aromatic nitrogens is 1. The van der Waals surface area contributed by atoms with Crippen LogP contribution in [0.4, 0.5) is 5.13 Å². The van der Waals surface area contributed by atoms with Crippen LogP contribution in [0.25, 0.3) is 0 Å². The molecule has 2 aliphatic rings. The van der Waals surface area contributed by atoms with Crippen molar-refractivity contribution in [2.24, 2.45) is 5.92 Å². The number of nitrogens with zero attached hydrogens (tertiary/aromatic N) is 1. The standard InChI is InChI=1S/C16H25N3O2S/c20-9-8-13(11-4-2-1-3-5-11)19-15(21)14-10-17-16(22-14)18-12-6-7-12/h10-13,20H,1-9H2,(H,17,18)(H,19,21). The number of rotatable bonds is 7. The molecule has 6 heteroatoms. The highest BCUT2D eigenvalue weighted by atomic mass is 32.1. The van der Waals surface area contributed by atoms with Crippen molar-refractivity contribution in [3.8, 4) is 0 Å². The molecule has 122 valence electrons. The molecule has 1 unspecified atom stereocenters. The first-order valence-electron chi connectivity index (χ1n) is 8.40. The molecule has 0 aliphatic heterocycles. The molecule has 1 aromatic rings. The molecule has 2 saturated carbocycles. The third kappa shape index (κ3) is 4.20. The normalized spacial score (nSPS) is 20.6. The largest absolute Gasteiger partial charge is 0.396 e. The summed E-state index contributed by atoms with van der Waals surface area (Å²) in [6.07, 6.45) is 10.8. The average molecular weight is 323 g/mol. The number of hydrogen-bond acceptors (Lipinski definition) is 5.